The summed E-state index contributed by atoms with van der Waals surface area (Å²) < 4.78 is 0. The van der Waals surface area contributed by atoms with E-state index in [0.29, 0.717) is 0 Å². The van der Waals surface area contributed by atoms with E-state index in [-0.39, 0.29) is 0 Å². The van der Waals surface area contributed by atoms with Crippen molar-refractivity contribution in [1.29, 1.82) is 5.26 Å². The van der Waals surface area contributed by atoms with Gasteiger partial charge in [-0.1, -0.05) is 18.2 Å². The number of hydrogen-bond donors (Lipinski definition) is 1. The highest BCUT2D eigenvalue weighted by Crippen LogP contribution is 2.26. The van der Waals surface area contributed by atoms with E-state index in [1.165, 1.54) is 5.56 Å². The molecule has 3 nitrogen and oxygen atoms in total. The zero-order valence-corrected chi connectivity index (χ0v) is 9.83. The lowest BCUT2D eigenvalue weighted by atomic mass is 9.99. The van der Waals surface area contributed by atoms with E-state index in [4.69, 9.17) is 0 Å². The summed E-state index contributed by atoms with van der Waals surface area (Å²) in [4.78, 5) is 2.19. The molecule has 16 heavy (non-hydrogen) atoms. The Morgan fingerprint density at radius 1 is 1.44 bits per heavy atom. The molecule has 1 saturated heterocycles. The Morgan fingerprint density at radius 2 is 2.19 bits per heavy atom. The number of likely N-dealkylation sites (N-methyl/N-ethyl adjacent to an activating group) is 1. The van der Waals surface area contributed by atoms with Crippen LogP contribution in [0.25, 0.3) is 0 Å². The minimum absolute atomic E-state index is 0.416. The predicted molar refractivity (Wildman–Crippen MR) is 65.3 cm³/mol. The average molecular weight is 215 g/mol. The molecule has 0 aliphatic carbocycles. The minimum Gasteiger partial charge on any atom is -0.366 e. The lowest BCUT2D eigenvalue weighted by Crippen LogP contribution is -2.39. The second-order valence-electron chi connectivity index (χ2n) is 4.62. The highest BCUT2D eigenvalue weighted by molar-refractivity contribution is 5.54. The quantitative estimate of drug-likeness (QED) is 0.820. The second kappa shape index (κ2) is 4.15. The van der Waals surface area contributed by atoms with Gasteiger partial charge in [-0.25, -0.2) is 0 Å². The summed E-state index contributed by atoms with van der Waals surface area (Å²) in [6.45, 7) is 3.83. The van der Waals surface area contributed by atoms with Crippen LogP contribution in [0.4, 0.5) is 5.69 Å². The van der Waals surface area contributed by atoms with Crippen LogP contribution in [-0.2, 0) is 0 Å². The van der Waals surface area contributed by atoms with Gasteiger partial charge in [0, 0.05) is 18.8 Å². The molecule has 0 saturated carbocycles. The zero-order chi connectivity index (χ0) is 11.6. The van der Waals surface area contributed by atoms with Gasteiger partial charge in [0.05, 0.1) is 6.07 Å². The van der Waals surface area contributed by atoms with Crippen molar-refractivity contribution >= 4 is 5.69 Å². The number of rotatable bonds is 2. The molecular formula is C13H17N3. The minimum atomic E-state index is -0.416. The van der Waals surface area contributed by atoms with E-state index >= 15 is 0 Å². The molecule has 0 bridgehead atoms. The number of benzene rings is 1. The monoisotopic (exact) mass is 215 g/mol. The summed E-state index contributed by atoms with van der Waals surface area (Å²) >= 11 is 0. The van der Waals surface area contributed by atoms with E-state index < -0.39 is 5.54 Å². The number of nitriles is 1. The number of aryl methyl sites for hydroxylation is 1. The summed E-state index contributed by atoms with van der Waals surface area (Å²) in [5, 5.41) is 12.7. The maximum atomic E-state index is 9.35. The van der Waals surface area contributed by atoms with Crippen molar-refractivity contribution in [2.24, 2.45) is 0 Å². The molecule has 1 heterocycles. The fraction of sp³-hybridized carbons (Fsp3) is 0.462. The molecule has 1 fully saturated rings. The molecule has 0 aromatic heterocycles. The van der Waals surface area contributed by atoms with Gasteiger partial charge in [0.2, 0.25) is 0 Å². The molecule has 0 amide bonds. The third kappa shape index (κ3) is 2.02. The molecule has 3 heteroatoms. The molecule has 2 rings (SSSR count). The zero-order valence-electron chi connectivity index (χ0n) is 9.83. The summed E-state index contributed by atoms with van der Waals surface area (Å²) in [7, 11) is 2.05. The highest BCUT2D eigenvalue weighted by atomic mass is 15.2. The summed E-state index contributed by atoms with van der Waals surface area (Å²) in [6, 6.07) is 10.5. The number of nitrogens with zero attached hydrogens (tertiary/aromatic N) is 2. The SMILES string of the molecule is Cc1ccccc1NC1(C#N)CCN(C)C1. The van der Waals surface area contributed by atoms with Gasteiger partial charge in [-0.15, -0.1) is 0 Å². The lowest BCUT2D eigenvalue weighted by molar-refractivity contribution is 0.403. The molecule has 84 valence electrons. The van der Waals surface area contributed by atoms with Crippen molar-refractivity contribution in [3.05, 3.63) is 29.8 Å². The fourth-order valence-corrected chi connectivity index (χ4v) is 2.19. The average Bonchev–Trinajstić information content (AvgIpc) is 2.65. The Balaban J connectivity index is 2.21. The molecule has 1 N–H and O–H groups in total. The van der Waals surface area contributed by atoms with Gasteiger partial charge in [0.1, 0.15) is 5.54 Å². The second-order valence-corrected chi connectivity index (χ2v) is 4.62. The first-order chi connectivity index (χ1) is 7.65. The van der Waals surface area contributed by atoms with Crippen molar-refractivity contribution in [1.82, 2.24) is 4.90 Å². The number of hydrogen-bond acceptors (Lipinski definition) is 3. The van der Waals surface area contributed by atoms with E-state index in [0.717, 1.165) is 25.2 Å². The van der Waals surface area contributed by atoms with E-state index in [9.17, 15) is 5.26 Å². The van der Waals surface area contributed by atoms with E-state index in [2.05, 4.69) is 36.3 Å². The molecule has 1 aromatic rings. The Morgan fingerprint density at radius 3 is 2.75 bits per heavy atom. The van der Waals surface area contributed by atoms with Crippen molar-refractivity contribution in [2.75, 3.05) is 25.5 Å². The van der Waals surface area contributed by atoms with Crippen LogP contribution < -0.4 is 5.32 Å². The maximum absolute atomic E-state index is 9.35. The fourth-order valence-electron chi connectivity index (χ4n) is 2.19. The van der Waals surface area contributed by atoms with E-state index in [1.807, 2.05) is 18.2 Å². The van der Waals surface area contributed by atoms with E-state index in [1.54, 1.807) is 0 Å². The van der Waals surface area contributed by atoms with Crippen LogP contribution in [0, 0.1) is 18.3 Å². The van der Waals surface area contributed by atoms with Crippen LogP contribution >= 0.6 is 0 Å². The van der Waals surface area contributed by atoms with Crippen LogP contribution in [0.3, 0.4) is 0 Å². The van der Waals surface area contributed by atoms with Crippen molar-refractivity contribution in [2.45, 2.75) is 18.9 Å². The highest BCUT2D eigenvalue weighted by Gasteiger charge is 2.36. The maximum Gasteiger partial charge on any atom is 0.139 e. The largest absolute Gasteiger partial charge is 0.366 e. The topological polar surface area (TPSA) is 39.1 Å². The molecule has 0 spiro atoms. The lowest BCUT2D eigenvalue weighted by Gasteiger charge is -2.24. The smallest absolute Gasteiger partial charge is 0.139 e. The van der Waals surface area contributed by atoms with Gasteiger partial charge in [-0.2, -0.15) is 5.26 Å². The molecule has 1 atom stereocenters. The van der Waals surface area contributed by atoms with Crippen molar-refractivity contribution in [3.63, 3.8) is 0 Å². The third-order valence-electron chi connectivity index (χ3n) is 3.19. The Kier molecular flexibility index (Phi) is 2.84. The van der Waals surface area contributed by atoms with Crippen LogP contribution in [-0.4, -0.2) is 30.6 Å². The number of nitrogens with one attached hydrogen (secondary N) is 1. The van der Waals surface area contributed by atoms with Crippen molar-refractivity contribution in [3.8, 4) is 6.07 Å². The first-order valence-electron chi connectivity index (χ1n) is 5.59. The molecule has 1 aromatic carbocycles. The van der Waals surface area contributed by atoms with Crippen LogP contribution in [0.1, 0.15) is 12.0 Å². The number of anilines is 1. The predicted octanol–water partition coefficient (Wildman–Crippen LogP) is 2.00. The number of para-hydroxylation sites is 1. The standard InChI is InChI=1S/C13H17N3/c1-11-5-3-4-6-12(11)15-13(9-14)7-8-16(2)10-13/h3-6,15H,7-8,10H2,1-2H3. The molecular weight excluding hydrogens is 198 g/mol. The van der Waals surface area contributed by atoms with Gasteiger partial charge in [0.25, 0.3) is 0 Å². The Labute approximate surface area is 96.7 Å². The Bertz CT molecular complexity index is 421. The van der Waals surface area contributed by atoms with Crippen LogP contribution in [0.15, 0.2) is 24.3 Å². The van der Waals surface area contributed by atoms with Gasteiger partial charge in [-0.05, 0) is 32.0 Å². The van der Waals surface area contributed by atoms with Crippen LogP contribution in [0.5, 0.6) is 0 Å². The summed E-state index contributed by atoms with van der Waals surface area (Å²) in [5.41, 5.74) is 1.84. The van der Waals surface area contributed by atoms with Gasteiger partial charge < -0.3 is 10.2 Å². The normalized spacial score (nSPS) is 25.3. The Hall–Kier alpha value is -1.53. The van der Waals surface area contributed by atoms with Gasteiger partial charge in [0.15, 0.2) is 0 Å². The summed E-state index contributed by atoms with van der Waals surface area (Å²) in [6.07, 6.45) is 0.883. The summed E-state index contributed by atoms with van der Waals surface area (Å²) in [5.74, 6) is 0. The molecule has 1 aliphatic rings. The first kappa shape index (κ1) is 11.0. The van der Waals surface area contributed by atoms with Crippen LogP contribution in [0.2, 0.25) is 0 Å². The van der Waals surface area contributed by atoms with Gasteiger partial charge in [-0.3, -0.25) is 0 Å². The molecule has 0 radical (unpaired) electrons. The third-order valence-corrected chi connectivity index (χ3v) is 3.19. The molecule has 1 aliphatic heterocycles. The number of likely N-dealkylation sites (tertiary alicyclic amines) is 1. The van der Waals surface area contributed by atoms with Crippen molar-refractivity contribution < 1.29 is 0 Å². The molecule has 1 unspecified atom stereocenters. The van der Waals surface area contributed by atoms with Gasteiger partial charge >= 0.3 is 0 Å². The first-order valence-corrected chi connectivity index (χ1v) is 5.59.